The van der Waals surface area contributed by atoms with Crippen molar-refractivity contribution in [3.63, 3.8) is 0 Å². The molecule has 0 spiro atoms. The highest BCUT2D eigenvalue weighted by Crippen LogP contribution is 2.22. The summed E-state index contributed by atoms with van der Waals surface area (Å²) in [6, 6.07) is 5.70. The lowest BCUT2D eigenvalue weighted by Gasteiger charge is -2.10. The van der Waals surface area contributed by atoms with E-state index in [-0.39, 0.29) is 5.97 Å². The summed E-state index contributed by atoms with van der Waals surface area (Å²) in [6.45, 7) is 4.36. The van der Waals surface area contributed by atoms with Crippen LogP contribution in [0, 0.1) is 0 Å². The van der Waals surface area contributed by atoms with Gasteiger partial charge in [0.15, 0.2) is 0 Å². The van der Waals surface area contributed by atoms with Crippen molar-refractivity contribution in [2.24, 2.45) is 0 Å². The number of ether oxygens (including phenoxy) is 2. The Kier molecular flexibility index (Phi) is 6.26. The molecule has 0 aromatic heterocycles. The quantitative estimate of drug-likeness (QED) is 0.548. The lowest BCUT2D eigenvalue weighted by Crippen LogP contribution is -2.07. The summed E-state index contributed by atoms with van der Waals surface area (Å²) < 4.78 is 10.2. The smallest absolute Gasteiger partial charge is 0.341 e. The summed E-state index contributed by atoms with van der Waals surface area (Å²) >= 11 is 0. The molecule has 0 atom stereocenters. The molecule has 0 N–H and O–H groups in total. The molecule has 0 unspecified atom stereocenters. The van der Waals surface area contributed by atoms with E-state index >= 15 is 0 Å². The molecule has 1 aromatic carbocycles. The van der Waals surface area contributed by atoms with E-state index < -0.39 is 0 Å². The molecule has 3 heteroatoms. The Morgan fingerprint density at radius 3 is 2.61 bits per heavy atom. The summed E-state index contributed by atoms with van der Waals surface area (Å²) in [5, 5.41) is 0. The molecule has 0 aliphatic carbocycles. The molecule has 0 heterocycles. The maximum absolute atomic E-state index is 11.7. The molecule has 0 saturated heterocycles. The third-order valence-electron chi connectivity index (χ3n) is 2.83. The van der Waals surface area contributed by atoms with Gasteiger partial charge in [0.1, 0.15) is 11.3 Å². The van der Waals surface area contributed by atoms with Gasteiger partial charge in [0.05, 0.1) is 13.7 Å². The van der Waals surface area contributed by atoms with Gasteiger partial charge in [-0.1, -0.05) is 25.8 Å². The first-order valence-electron chi connectivity index (χ1n) is 6.57. The second kappa shape index (κ2) is 7.75. The van der Waals surface area contributed by atoms with E-state index in [0.717, 1.165) is 6.42 Å². The SMILES string of the molecule is CCCCCc1ccc(C(=O)OCC)c(OC)c1. The molecule has 1 rings (SSSR count). The van der Waals surface area contributed by atoms with Crippen LogP contribution in [-0.2, 0) is 11.2 Å². The van der Waals surface area contributed by atoms with Crippen LogP contribution < -0.4 is 4.74 Å². The minimum Gasteiger partial charge on any atom is -0.496 e. The molecule has 0 fully saturated rings. The minimum atomic E-state index is -0.325. The highest BCUT2D eigenvalue weighted by molar-refractivity contribution is 5.92. The standard InChI is InChI=1S/C15H22O3/c1-4-6-7-8-12-9-10-13(14(11-12)17-3)15(16)18-5-2/h9-11H,4-8H2,1-3H3. The van der Waals surface area contributed by atoms with Crippen molar-refractivity contribution in [3.05, 3.63) is 29.3 Å². The minimum absolute atomic E-state index is 0.325. The number of benzene rings is 1. The summed E-state index contributed by atoms with van der Waals surface area (Å²) in [4.78, 5) is 11.7. The zero-order chi connectivity index (χ0) is 13.4. The van der Waals surface area contributed by atoms with Crippen molar-refractivity contribution in [1.29, 1.82) is 0 Å². The number of esters is 1. The number of carbonyl (C=O) groups is 1. The van der Waals surface area contributed by atoms with Crippen LogP contribution in [0.4, 0.5) is 0 Å². The third kappa shape index (κ3) is 4.06. The average Bonchev–Trinajstić information content (AvgIpc) is 2.39. The number of aryl methyl sites for hydroxylation is 1. The molecule has 0 aliphatic heterocycles. The number of rotatable bonds is 7. The van der Waals surface area contributed by atoms with Gasteiger partial charge in [-0.05, 0) is 37.5 Å². The fourth-order valence-corrected chi connectivity index (χ4v) is 1.85. The Labute approximate surface area is 109 Å². The molecule has 0 bridgehead atoms. The van der Waals surface area contributed by atoms with Crippen LogP contribution in [0.5, 0.6) is 5.75 Å². The van der Waals surface area contributed by atoms with Gasteiger partial charge in [-0.15, -0.1) is 0 Å². The average molecular weight is 250 g/mol. The second-order valence-electron chi connectivity index (χ2n) is 4.21. The molecule has 100 valence electrons. The monoisotopic (exact) mass is 250 g/mol. The Morgan fingerprint density at radius 1 is 1.22 bits per heavy atom. The summed E-state index contributed by atoms with van der Waals surface area (Å²) in [6.07, 6.45) is 4.62. The molecule has 1 aromatic rings. The number of carbonyl (C=O) groups excluding carboxylic acids is 1. The van der Waals surface area contributed by atoms with Crippen LogP contribution in [-0.4, -0.2) is 19.7 Å². The summed E-state index contributed by atoms with van der Waals surface area (Å²) in [5.41, 5.74) is 1.70. The predicted molar refractivity (Wildman–Crippen MR) is 72.2 cm³/mol. The fraction of sp³-hybridized carbons (Fsp3) is 0.533. The van der Waals surface area contributed by atoms with Crippen LogP contribution >= 0.6 is 0 Å². The molecule has 0 radical (unpaired) electrons. The Hall–Kier alpha value is -1.51. The van der Waals surface area contributed by atoms with Gasteiger partial charge >= 0.3 is 5.97 Å². The van der Waals surface area contributed by atoms with E-state index in [1.165, 1.54) is 24.8 Å². The van der Waals surface area contributed by atoms with Gasteiger partial charge in [-0.25, -0.2) is 4.79 Å². The highest BCUT2D eigenvalue weighted by atomic mass is 16.5. The maximum Gasteiger partial charge on any atom is 0.341 e. The van der Waals surface area contributed by atoms with Crippen molar-refractivity contribution in [1.82, 2.24) is 0 Å². The fourth-order valence-electron chi connectivity index (χ4n) is 1.85. The topological polar surface area (TPSA) is 35.5 Å². The Balaban J connectivity index is 2.79. The van der Waals surface area contributed by atoms with Crippen molar-refractivity contribution < 1.29 is 14.3 Å². The van der Waals surface area contributed by atoms with Gasteiger partial charge in [0.2, 0.25) is 0 Å². The van der Waals surface area contributed by atoms with Gasteiger partial charge in [0, 0.05) is 0 Å². The zero-order valence-electron chi connectivity index (χ0n) is 11.5. The van der Waals surface area contributed by atoms with Crippen molar-refractivity contribution in [3.8, 4) is 5.75 Å². The normalized spacial score (nSPS) is 10.2. The molecule has 3 nitrogen and oxygen atoms in total. The third-order valence-corrected chi connectivity index (χ3v) is 2.83. The molecule has 0 amide bonds. The van der Waals surface area contributed by atoms with E-state index in [4.69, 9.17) is 9.47 Å². The summed E-state index contributed by atoms with van der Waals surface area (Å²) in [7, 11) is 1.58. The Bertz CT molecular complexity index is 385. The van der Waals surface area contributed by atoms with Crippen molar-refractivity contribution in [2.45, 2.75) is 39.5 Å². The molecule has 18 heavy (non-hydrogen) atoms. The van der Waals surface area contributed by atoms with Gasteiger partial charge < -0.3 is 9.47 Å². The van der Waals surface area contributed by atoms with Crippen LogP contribution in [0.1, 0.15) is 49.0 Å². The largest absolute Gasteiger partial charge is 0.496 e. The van der Waals surface area contributed by atoms with Crippen LogP contribution in [0.15, 0.2) is 18.2 Å². The lowest BCUT2D eigenvalue weighted by atomic mass is 10.0. The van der Waals surface area contributed by atoms with Gasteiger partial charge in [-0.2, -0.15) is 0 Å². The Morgan fingerprint density at radius 2 is 2.00 bits per heavy atom. The second-order valence-corrected chi connectivity index (χ2v) is 4.21. The van der Waals surface area contributed by atoms with E-state index in [9.17, 15) is 4.79 Å². The van der Waals surface area contributed by atoms with Gasteiger partial charge in [-0.3, -0.25) is 0 Å². The van der Waals surface area contributed by atoms with Crippen molar-refractivity contribution >= 4 is 5.97 Å². The highest BCUT2D eigenvalue weighted by Gasteiger charge is 2.13. The summed E-state index contributed by atoms with van der Waals surface area (Å²) in [5.74, 6) is 0.275. The zero-order valence-corrected chi connectivity index (χ0v) is 11.5. The van der Waals surface area contributed by atoms with Gasteiger partial charge in [0.25, 0.3) is 0 Å². The maximum atomic E-state index is 11.7. The van der Waals surface area contributed by atoms with E-state index in [1.807, 2.05) is 12.1 Å². The van der Waals surface area contributed by atoms with Crippen LogP contribution in [0.2, 0.25) is 0 Å². The molecule has 0 saturated carbocycles. The van der Waals surface area contributed by atoms with E-state index in [0.29, 0.717) is 17.9 Å². The first kappa shape index (κ1) is 14.6. The number of hydrogen-bond donors (Lipinski definition) is 0. The number of methoxy groups -OCH3 is 1. The first-order valence-corrected chi connectivity index (χ1v) is 6.57. The number of hydrogen-bond acceptors (Lipinski definition) is 3. The van der Waals surface area contributed by atoms with Crippen LogP contribution in [0.25, 0.3) is 0 Å². The van der Waals surface area contributed by atoms with Crippen LogP contribution in [0.3, 0.4) is 0 Å². The van der Waals surface area contributed by atoms with E-state index in [1.54, 1.807) is 20.1 Å². The molecular weight excluding hydrogens is 228 g/mol. The van der Waals surface area contributed by atoms with E-state index in [2.05, 4.69) is 6.92 Å². The molecule has 0 aliphatic rings. The molecular formula is C15H22O3. The first-order chi connectivity index (χ1) is 8.72. The number of unbranched alkanes of at least 4 members (excludes halogenated alkanes) is 2. The van der Waals surface area contributed by atoms with Crippen molar-refractivity contribution in [2.75, 3.05) is 13.7 Å². The predicted octanol–water partition coefficient (Wildman–Crippen LogP) is 3.60. The lowest BCUT2D eigenvalue weighted by molar-refractivity contribution is 0.0522.